The number of aromatic nitrogens is 2. The fraction of sp³-hybridized carbons (Fsp3) is 0.125. The molecule has 0 unspecified atom stereocenters. The SMILES string of the molecule is COc1cc2ncnc(-c3ccccc3)c2cc1OC. The summed E-state index contributed by atoms with van der Waals surface area (Å²) in [5.41, 5.74) is 2.76. The summed E-state index contributed by atoms with van der Waals surface area (Å²) in [7, 11) is 3.23. The summed E-state index contributed by atoms with van der Waals surface area (Å²) < 4.78 is 10.7. The van der Waals surface area contributed by atoms with Gasteiger partial charge in [0.15, 0.2) is 11.5 Å². The zero-order valence-electron chi connectivity index (χ0n) is 11.3. The van der Waals surface area contributed by atoms with Crippen LogP contribution in [0.1, 0.15) is 0 Å². The van der Waals surface area contributed by atoms with Gasteiger partial charge in [0, 0.05) is 17.0 Å². The topological polar surface area (TPSA) is 44.2 Å². The molecule has 0 atom stereocenters. The summed E-state index contributed by atoms with van der Waals surface area (Å²) in [5, 5.41) is 0.941. The maximum Gasteiger partial charge on any atom is 0.162 e. The minimum atomic E-state index is 0.665. The number of nitrogens with zero attached hydrogens (tertiary/aromatic N) is 2. The Morgan fingerprint density at radius 3 is 2.25 bits per heavy atom. The fourth-order valence-corrected chi connectivity index (χ4v) is 2.21. The highest BCUT2D eigenvalue weighted by Gasteiger charge is 2.11. The molecule has 0 bridgehead atoms. The molecule has 0 saturated carbocycles. The largest absolute Gasteiger partial charge is 0.493 e. The molecule has 3 rings (SSSR count). The molecule has 0 saturated heterocycles. The molecule has 4 heteroatoms. The van der Waals surface area contributed by atoms with Gasteiger partial charge in [-0.05, 0) is 6.07 Å². The minimum Gasteiger partial charge on any atom is -0.493 e. The van der Waals surface area contributed by atoms with Gasteiger partial charge in [-0.15, -0.1) is 0 Å². The van der Waals surface area contributed by atoms with E-state index in [-0.39, 0.29) is 0 Å². The van der Waals surface area contributed by atoms with E-state index in [9.17, 15) is 0 Å². The molecule has 4 nitrogen and oxygen atoms in total. The van der Waals surface area contributed by atoms with Crippen molar-refractivity contribution in [1.29, 1.82) is 0 Å². The molecule has 3 aromatic rings. The number of hydrogen-bond donors (Lipinski definition) is 0. The van der Waals surface area contributed by atoms with Gasteiger partial charge in [0.1, 0.15) is 6.33 Å². The van der Waals surface area contributed by atoms with Crippen LogP contribution in [0.25, 0.3) is 22.2 Å². The van der Waals surface area contributed by atoms with Crippen molar-refractivity contribution < 1.29 is 9.47 Å². The molecule has 2 aromatic carbocycles. The van der Waals surface area contributed by atoms with Crippen LogP contribution in [-0.2, 0) is 0 Å². The highest BCUT2D eigenvalue weighted by molar-refractivity contribution is 5.94. The average molecular weight is 266 g/mol. The molecule has 1 aromatic heterocycles. The Balaban J connectivity index is 2.29. The number of rotatable bonds is 3. The van der Waals surface area contributed by atoms with Crippen molar-refractivity contribution in [2.75, 3.05) is 14.2 Å². The van der Waals surface area contributed by atoms with Crippen molar-refractivity contribution >= 4 is 10.9 Å². The third-order valence-corrected chi connectivity index (χ3v) is 3.19. The van der Waals surface area contributed by atoms with Gasteiger partial charge >= 0.3 is 0 Å². The maximum atomic E-state index is 5.35. The van der Waals surface area contributed by atoms with Crippen LogP contribution < -0.4 is 9.47 Å². The quantitative estimate of drug-likeness (QED) is 0.729. The lowest BCUT2D eigenvalue weighted by atomic mass is 10.1. The smallest absolute Gasteiger partial charge is 0.162 e. The van der Waals surface area contributed by atoms with E-state index >= 15 is 0 Å². The highest BCUT2D eigenvalue weighted by atomic mass is 16.5. The Labute approximate surface area is 117 Å². The summed E-state index contributed by atoms with van der Waals surface area (Å²) in [4.78, 5) is 8.71. The van der Waals surface area contributed by atoms with Crippen molar-refractivity contribution in [2.45, 2.75) is 0 Å². The molecule has 0 fully saturated rings. The van der Waals surface area contributed by atoms with E-state index in [4.69, 9.17) is 9.47 Å². The standard InChI is InChI=1S/C16H14N2O2/c1-19-14-8-12-13(9-15(14)20-2)17-10-18-16(12)11-6-4-3-5-7-11/h3-10H,1-2H3. The lowest BCUT2D eigenvalue weighted by molar-refractivity contribution is 0.356. The van der Waals surface area contributed by atoms with Gasteiger partial charge in [-0.2, -0.15) is 0 Å². The molecule has 0 amide bonds. The third-order valence-electron chi connectivity index (χ3n) is 3.19. The normalized spacial score (nSPS) is 10.5. The van der Waals surface area contributed by atoms with Crippen LogP contribution >= 0.6 is 0 Å². The second-order valence-corrected chi connectivity index (χ2v) is 4.31. The molecule has 100 valence electrons. The number of hydrogen-bond acceptors (Lipinski definition) is 4. The van der Waals surface area contributed by atoms with Crippen molar-refractivity contribution in [3.8, 4) is 22.8 Å². The number of benzene rings is 2. The van der Waals surface area contributed by atoms with Gasteiger partial charge in [0.05, 0.1) is 25.4 Å². The fourth-order valence-electron chi connectivity index (χ4n) is 2.21. The summed E-state index contributed by atoms with van der Waals surface area (Å²) in [6, 6.07) is 13.8. The molecular weight excluding hydrogens is 252 g/mol. The van der Waals surface area contributed by atoms with E-state index in [1.54, 1.807) is 20.5 Å². The van der Waals surface area contributed by atoms with Crippen LogP contribution in [0.5, 0.6) is 11.5 Å². The van der Waals surface area contributed by atoms with Crippen LogP contribution in [0.2, 0.25) is 0 Å². The van der Waals surface area contributed by atoms with E-state index < -0.39 is 0 Å². The Morgan fingerprint density at radius 2 is 1.55 bits per heavy atom. The molecule has 0 aliphatic heterocycles. The van der Waals surface area contributed by atoms with Crippen molar-refractivity contribution in [3.05, 3.63) is 48.8 Å². The molecule has 0 spiro atoms. The van der Waals surface area contributed by atoms with Gasteiger partial charge in [-0.25, -0.2) is 9.97 Å². The van der Waals surface area contributed by atoms with E-state index in [0.717, 1.165) is 22.2 Å². The summed E-state index contributed by atoms with van der Waals surface area (Å²) in [6.45, 7) is 0. The lowest BCUT2D eigenvalue weighted by Gasteiger charge is -2.10. The van der Waals surface area contributed by atoms with Gasteiger partial charge < -0.3 is 9.47 Å². The van der Waals surface area contributed by atoms with E-state index in [1.165, 1.54) is 0 Å². The predicted octanol–water partition coefficient (Wildman–Crippen LogP) is 3.31. The lowest BCUT2D eigenvalue weighted by Crippen LogP contribution is -1.94. The number of fused-ring (bicyclic) bond motifs is 1. The van der Waals surface area contributed by atoms with Crippen molar-refractivity contribution in [1.82, 2.24) is 9.97 Å². The van der Waals surface area contributed by atoms with Gasteiger partial charge in [-0.3, -0.25) is 0 Å². The number of methoxy groups -OCH3 is 2. The first-order chi connectivity index (χ1) is 9.83. The zero-order chi connectivity index (χ0) is 13.9. The van der Waals surface area contributed by atoms with Crippen LogP contribution in [0.15, 0.2) is 48.8 Å². The molecule has 0 aliphatic rings. The van der Waals surface area contributed by atoms with Crippen LogP contribution in [-0.4, -0.2) is 24.2 Å². The van der Waals surface area contributed by atoms with Crippen molar-refractivity contribution in [3.63, 3.8) is 0 Å². The Kier molecular flexibility index (Phi) is 3.21. The van der Waals surface area contributed by atoms with Crippen LogP contribution in [0.4, 0.5) is 0 Å². The Bertz CT molecular complexity index is 742. The van der Waals surface area contributed by atoms with E-state index in [1.807, 2.05) is 42.5 Å². The maximum absolute atomic E-state index is 5.35. The summed E-state index contributed by atoms with van der Waals surface area (Å²) in [6.07, 6.45) is 1.57. The molecular formula is C16H14N2O2. The molecule has 0 radical (unpaired) electrons. The highest BCUT2D eigenvalue weighted by Crippen LogP contribution is 2.34. The molecule has 20 heavy (non-hydrogen) atoms. The summed E-state index contributed by atoms with van der Waals surface area (Å²) >= 11 is 0. The second-order valence-electron chi connectivity index (χ2n) is 4.31. The van der Waals surface area contributed by atoms with Gasteiger partial charge in [-0.1, -0.05) is 30.3 Å². The minimum absolute atomic E-state index is 0.665. The average Bonchev–Trinajstić information content (AvgIpc) is 2.53. The molecule has 0 N–H and O–H groups in total. The number of ether oxygens (including phenoxy) is 2. The first-order valence-corrected chi connectivity index (χ1v) is 6.25. The van der Waals surface area contributed by atoms with Crippen LogP contribution in [0.3, 0.4) is 0 Å². The first-order valence-electron chi connectivity index (χ1n) is 6.25. The van der Waals surface area contributed by atoms with Gasteiger partial charge in [0.2, 0.25) is 0 Å². The summed E-state index contributed by atoms with van der Waals surface area (Å²) in [5.74, 6) is 1.34. The van der Waals surface area contributed by atoms with Gasteiger partial charge in [0.25, 0.3) is 0 Å². The predicted molar refractivity (Wildman–Crippen MR) is 78.1 cm³/mol. The Hall–Kier alpha value is -2.62. The molecule has 0 aliphatic carbocycles. The first kappa shape index (κ1) is 12.4. The Morgan fingerprint density at radius 1 is 0.850 bits per heavy atom. The van der Waals surface area contributed by atoms with Crippen molar-refractivity contribution in [2.24, 2.45) is 0 Å². The monoisotopic (exact) mass is 266 g/mol. The van der Waals surface area contributed by atoms with Crippen LogP contribution in [0, 0.1) is 0 Å². The zero-order valence-corrected chi connectivity index (χ0v) is 11.3. The molecule has 1 heterocycles. The third kappa shape index (κ3) is 2.05. The van der Waals surface area contributed by atoms with E-state index in [0.29, 0.717) is 11.5 Å². The van der Waals surface area contributed by atoms with E-state index in [2.05, 4.69) is 9.97 Å². The second kappa shape index (κ2) is 5.17.